The lowest BCUT2D eigenvalue weighted by Gasteiger charge is -2.14. The van der Waals surface area contributed by atoms with Gasteiger partial charge < -0.3 is 9.84 Å². The molecule has 1 aliphatic rings. The van der Waals surface area contributed by atoms with Gasteiger partial charge in [-0.3, -0.25) is 0 Å². The van der Waals surface area contributed by atoms with Crippen molar-refractivity contribution in [1.29, 1.82) is 0 Å². The molecule has 20 heavy (non-hydrogen) atoms. The average Bonchev–Trinajstić information content (AvgIpc) is 3.22. The first-order valence-corrected chi connectivity index (χ1v) is 7.44. The molecule has 0 saturated heterocycles. The van der Waals surface area contributed by atoms with Crippen molar-refractivity contribution in [1.82, 2.24) is 15.5 Å². The SMILES string of the molecule is CCNC(Cc1nc(Cc2ccccc2)no1)C1CC1. The Hall–Kier alpha value is -1.68. The number of rotatable bonds is 7. The molecule has 0 aliphatic heterocycles. The zero-order valence-electron chi connectivity index (χ0n) is 11.9. The third kappa shape index (κ3) is 3.45. The Kier molecular flexibility index (Phi) is 4.11. The van der Waals surface area contributed by atoms with Crippen molar-refractivity contribution in [2.75, 3.05) is 6.54 Å². The van der Waals surface area contributed by atoms with Crippen molar-refractivity contribution >= 4 is 0 Å². The Morgan fingerprint density at radius 3 is 2.80 bits per heavy atom. The van der Waals surface area contributed by atoms with Gasteiger partial charge in [-0.15, -0.1) is 0 Å². The molecule has 1 fully saturated rings. The lowest BCUT2D eigenvalue weighted by molar-refractivity contribution is 0.345. The molecule has 1 aliphatic carbocycles. The van der Waals surface area contributed by atoms with Crippen LogP contribution in [0.5, 0.6) is 0 Å². The van der Waals surface area contributed by atoms with E-state index in [1.54, 1.807) is 0 Å². The van der Waals surface area contributed by atoms with Crippen LogP contribution in [0.25, 0.3) is 0 Å². The molecule has 0 spiro atoms. The summed E-state index contributed by atoms with van der Waals surface area (Å²) >= 11 is 0. The second-order valence-electron chi connectivity index (χ2n) is 5.47. The van der Waals surface area contributed by atoms with Crippen LogP contribution in [0.2, 0.25) is 0 Å². The number of aromatic nitrogens is 2. The standard InChI is InChI=1S/C16H21N3O/c1-2-17-14(13-8-9-13)11-16-18-15(19-20-16)10-12-6-4-3-5-7-12/h3-7,13-14,17H,2,8-11H2,1H3. The van der Waals surface area contributed by atoms with Crippen LogP contribution >= 0.6 is 0 Å². The van der Waals surface area contributed by atoms with E-state index in [0.717, 1.165) is 37.0 Å². The highest BCUT2D eigenvalue weighted by atomic mass is 16.5. The maximum absolute atomic E-state index is 5.39. The number of hydrogen-bond acceptors (Lipinski definition) is 4. The van der Waals surface area contributed by atoms with E-state index in [4.69, 9.17) is 4.52 Å². The van der Waals surface area contributed by atoms with Crippen LogP contribution in [-0.2, 0) is 12.8 Å². The van der Waals surface area contributed by atoms with Gasteiger partial charge in [0, 0.05) is 18.9 Å². The summed E-state index contributed by atoms with van der Waals surface area (Å²) in [6, 6.07) is 10.7. The molecule has 106 valence electrons. The second kappa shape index (κ2) is 6.18. The summed E-state index contributed by atoms with van der Waals surface area (Å²) in [7, 11) is 0. The van der Waals surface area contributed by atoms with Crippen molar-refractivity contribution in [2.24, 2.45) is 5.92 Å². The molecule has 1 aromatic heterocycles. The number of nitrogens with one attached hydrogen (secondary N) is 1. The van der Waals surface area contributed by atoms with Gasteiger partial charge in [0.1, 0.15) is 0 Å². The Morgan fingerprint density at radius 1 is 1.30 bits per heavy atom. The van der Waals surface area contributed by atoms with Gasteiger partial charge in [-0.25, -0.2) is 0 Å². The van der Waals surface area contributed by atoms with E-state index < -0.39 is 0 Å². The van der Waals surface area contributed by atoms with Gasteiger partial charge in [-0.2, -0.15) is 4.98 Å². The number of nitrogens with zero attached hydrogens (tertiary/aromatic N) is 2. The fourth-order valence-electron chi connectivity index (χ4n) is 2.58. The Labute approximate surface area is 119 Å². The van der Waals surface area contributed by atoms with Crippen LogP contribution in [0.3, 0.4) is 0 Å². The minimum atomic E-state index is 0.491. The van der Waals surface area contributed by atoms with Crippen molar-refractivity contribution in [3.8, 4) is 0 Å². The Bertz CT molecular complexity index is 534. The molecule has 1 atom stereocenters. The lowest BCUT2D eigenvalue weighted by atomic mass is 10.1. The molecule has 1 heterocycles. The van der Waals surface area contributed by atoms with Gasteiger partial charge in [0.25, 0.3) is 0 Å². The molecule has 1 unspecified atom stereocenters. The number of benzene rings is 1. The molecule has 4 heteroatoms. The lowest BCUT2D eigenvalue weighted by Crippen LogP contribution is -2.33. The van der Waals surface area contributed by atoms with E-state index in [1.807, 2.05) is 18.2 Å². The predicted molar refractivity (Wildman–Crippen MR) is 77.4 cm³/mol. The second-order valence-corrected chi connectivity index (χ2v) is 5.47. The van der Waals surface area contributed by atoms with E-state index in [2.05, 4.69) is 34.5 Å². The molecule has 0 bridgehead atoms. The number of likely N-dealkylation sites (N-methyl/N-ethyl adjacent to an activating group) is 1. The summed E-state index contributed by atoms with van der Waals surface area (Å²) in [6.07, 6.45) is 4.23. The van der Waals surface area contributed by atoms with Gasteiger partial charge >= 0.3 is 0 Å². The fourth-order valence-corrected chi connectivity index (χ4v) is 2.58. The van der Waals surface area contributed by atoms with Gasteiger partial charge in [0.2, 0.25) is 5.89 Å². The molecule has 1 N–H and O–H groups in total. The highest BCUT2D eigenvalue weighted by Crippen LogP contribution is 2.33. The summed E-state index contributed by atoms with van der Waals surface area (Å²) in [4.78, 5) is 4.52. The van der Waals surface area contributed by atoms with Crippen LogP contribution in [0.15, 0.2) is 34.9 Å². The third-order valence-electron chi connectivity index (χ3n) is 3.77. The van der Waals surface area contributed by atoms with Crippen LogP contribution in [0, 0.1) is 5.92 Å². The first-order chi connectivity index (χ1) is 9.85. The van der Waals surface area contributed by atoms with Crippen molar-refractivity contribution in [2.45, 2.75) is 38.6 Å². The third-order valence-corrected chi connectivity index (χ3v) is 3.77. The van der Waals surface area contributed by atoms with Crippen molar-refractivity contribution < 1.29 is 4.52 Å². The minimum Gasteiger partial charge on any atom is -0.339 e. The van der Waals surface area contributed by atoms with E-state index in [9.17, 15) is 0 Å². The summed E-state index contributed by atoms with van der Waals surface area (Å²) in [5.41, 5.74) is 1.21. The zero-order chi connectivity index (χ0) is 13.8. The van der Waals surface area contributed by atoms with Crippen LogP contribution in [-0.4, -0.2) is 22.7 Å². The Balaban J connectivity index is 1.61. The highest BCUT2D eigenvalue weighted by Gasteiger charge is 2.31. The molecule has 0 amide bonds. The van der Waals surface area contributed by atoms with E-state index in [1.165, 1.54) is 18.4 Å². The summed E-state index contributed by atoms with van der Waals surface area (Å²) in [5, 5.41) is 7.61. The molecule has 1 saturated carbocycles. The smallest absolute Gasteiger partial charge is 0.228 e. The minimum absolute atomic E-state index is 0.491. The molecule has 3 rings (SSSR count). The molecule has 1 aromatic carbocycles. The van der Waals surface area contributed by atoms with Crippen LogP contribution < -0.4 is 5.32 Å². The van der Waals surface area contributed by atoms with Crippen molar-refractivity contribution in [3.05, 3.63) is 47.6 Å². The maximum atomic E-state index is 5.39. The van der Waals surface area contributed by atoms with Crippen LogP contribution in [0.1, 0.15) is 37.0 Å². The molecule has 4 nitrogen and oxygen atoms in total. The normalized spacial score (nSPS) is 16.2. The monoisotopic (exact) mass is 271 g/mol. The fraction of sp³-hybridized carbons (Fsp3) is 0.500. The summed E-state index contributed by atoms with van der Waals surface area (Å²) in [6.45, 7) is 3.14. The van der Waals surface area contributed by atoms with E-state index in [0.29, 0.717) is 6.04 Å². The molecule has 2 aromatic rings. The highest BCUT2D eigenvalue weighted by molar-refractivity contribution is 5.18. The summed E-state index contributed by atoms with van der Waals surface area (Å²) < 4.78 is 5.39. The topological polar surface area (TPSA) is 51.0 Å². The van der Waals surface area contributed by atoms with E-state index in [-0.39, 0.29) is 0 Å². The summed E-state index contributed by atoms with van der Waals surface area (Å²) in [5.74, 6) is 2.32. The molecular formula is C16H21N3O. The largest absolute Gasteiger partial charge is 0.339 e. The first-order valence-electron chi connectivity index (χ1n) is 7.44. The Morgan fingerprint density at radius 2 is 2.10 bits per heavy atom. The molecular weight excluding hydrogens is 250 g/mol. The van der Waals surface area contributed by atoms with Gasteiger partial charge in [-0.05, 0) is 30.9 Å². The average molecular weight is 271 g/mol. The first kappa shape index (κ1) is 13.3. The maximum Gasteiger partial charge on any atom is 0.228 e. The molecule has 0 radical (unpaired) electrons. The van der Waals surface area contributed by atoms with Crippen molar-refractivity contribution in [3.63, 3.8) is 0 Å². The van der Waals surface area contributed by atoms with Gasteiger partial charge in [0.15, 0.2) is 5.82 Å². The van der Waals surface area contributed by atoms with Gasteiger partial charge in [-0.1, -0.05) is 42.4 Å². The number of hydrogen-bond donors (Lipinski definition) is 1. The van der Waals surface area contributed by atoms with Crippen LogP contribution in [0.4, 0.5) is 0 Å². The van der Waals surface area contributed by atoms with Gasteiger partial charge in [0.05, 0.1) is 0 Å². The zero-order valence-corrected chi connectivity index (χ0v) is 11.9. The quantitative estimate of drug-likeness (QED) is 0.841. The predicted octanol–water partition coefficient (Wildman–Crippen LogP) is 2.59. The van der Waals surface area contributed by atoms with E-state index >= 15 is 0 Å².